The summed E-state index contributed by atoms with van der Waals surface area (Å²) < 4.78 is 10.9. The van der Waals surface area contributed by atoms with Gasteiger partial charge in [0, 0.05) is 0 Å². The van der Waals surface area contributed by atoms with Gasteiger partial charge in [-0.15, -0.1) is 0 Å². The summed E-state index contributed by atoms with van der Waals surface area (Å²) in [5.74, 6) is -1.03. The van der Waals surface area contributed by atoms with Crippen molar-refractivity contribution < 1.29 is 19.1 Å². The Labute approximate surface area is 119 Å². The lowest BCUT2D eigenvalue weighted by atomic mass is 9.80. The number of carbonyl (C=O) groups excluding carboxylic acids is 2. The van der Waals surface area contributed by atoms with Gasteiger partial charge in [0.2, 0.25) is 0 Å². The van der Waals surface area contributed by atoms with Crippen LogP contribution in [0.4, 0.5) is 0 Å². The molecule has 2 aliphatic heterocycles. The van der Waals surface area contributed by atoms with Gasteiger partial charge in [-0.2, -0.15) is 0 Å². The number of hydrogen-bond acceptors (Lipinski definition) is 4. The van der Waals surface area contributed by atoms with E-state index in [1.807, 2.05) is 12.2 Å². The van der Waals surface area contributed by atoms with E-state index in [0.29, 0.717) is 0 Å². The highest BCUT2D eigenvalue weighted by molar-refractivity contribution is 5.79. The first-order valence-corrected chi connectivity index (χ1v) is 7.35. The highest BCUT2D eigenvalue weighted by atomic mass is 16.5. The SMILES string of the molecule is CC/C=C/C/C=C/COC(=O)C1C2CCC(O2)C1C=O. The lowest BCUT2D eigenvalue weighted by Crippen LogP contribution is -2.35. The number of rotatable bonds is 7. The van der Waals surface area contributed by atoms with Crippen molar-refractivity contribution >= 4 is 12.3 Å². The molecule has 2 bridgehead atoms. The van der Waals surface area contributed by atoms with Gasteiger partial charge in [-0.3, -0.25) is 4.79 Å². The van der Waals surface area contributed by atoms with Crippen LogP contribution in [0.15, 0.2) is 24.3 Å². The van der Waals surface area contributed by atoms with Gasteiger partial charge in [-0.05, 0) is 25.7 Å². The van der Waals surface area contributed by atoms with Crippen LogP contribution in [0.25, 0.3) is 0 Å². The van der Waals surface area contributed by atoms with Crippen molar-refractivity contribution in [3.8, 4) is 0 Å². The van der Waals surface area contributed by atoms with Gasteiger partial charge < -0.3 is 14.3 Å². The van der Waals surface area contributed by atoms with Crippen LogP contribution in [0.5, 0.6) is 0 Å². The Morgan fingerprint density at radius 1 is 1.20 bits per heavy atom. The molecule has 20 heavy (non-hydrogen) atoms. The standard InChI is InChI=1S/C16H22O4/c1-2-3-4-5-6-7-10-19-16(18)15-12(11-17)13-8-9-14(15)20-13/h3-4,6-7,11-15H,2,5,8-10H2,1H3/b4-3+,7-6+. The lowest BCUT2D eigenvalue weighted by Gasteiger charge is -2.21. The minimum absolute atomic E-state index is 0.0789. The quantitative estimate of drug-likeness (QED) is 0.408. The van der Waals surface area contributed by atoms with Gasteiger partial charge in [-0.25, -0.2) is 0 Å². The number of hydrogen-bond donors (Lipinski definition) is 0. The predicted molar refractivity (Wildman–Crippen MR) is 75.1 cm³/mol. The molecule has 2 fully saturated rings. The number of carbonyl (C=O) groups is 2. The maximum absolute atomic E-state index is 12.0. The summed E-state index contributed by atoms with van der Waals surface area (Å²) in [7, 11) is 0. The maximum atomic E-state index is 12.0. The molecule has 0 saturated carbocycles. The molecular weight excluding hydrogens is 256 g/mol. The summed E-state index contributed by atoms with van der Waals surface area (Å²) in [5, 5.41) is 0. The van der Waals surface area contributed by atoms with Gasteiger partial charge in [-0.1, -0.05) is 31.2 Å². The third-order valence-corrected chi connectivity index (χ3v) is 3.92. The molecular formula is C16H22O4. The highest BCUT2D eigenvalue weighted by Crippen LogP contribution is 2.42. The van der Waals surface area contributed by atoms with E-state index in [1.54, 1.807) is 0 Å². The Balaban J connectivity index is 1.75. The van der Waals surface area contributed by atoms with Crippen LogP contribution in [-0.2, 0) is 19.1 Å². The van der Waals surface area contributed by atoms with E-state index < -0.39 is 5.92 Å². The normalized spacial score (nSPS) is 32.2. The predicted octanol–water partition coefficient (Wildman–Crippen LogP) is 2.43. The second-order valence-electron chi connectivity index (χ2n) is 5.25. The first-order chi connectivity index (χ1) is 9.77. The minimum Gasteiger partial charge on any atom is -0.461 e. The van der Waals surface area contributed by atoms with Crippen LogP contribution in [-0.4, -0.2) is 31.1 Å². The molecule has 0 aromatic rings. The molecule has 4 heteroatoms. The fraction of sp³-hybridized carbons (Fsp3) is 0.625. The fourth-order valence-electron chi connectivity index (χ4n) is 2.93. The number of aldehydes is 1. The zero-order valence-electron chi connectivity index (χ0n) is 11.9. The molecule has 0 radical (unpaired) electrons. The van der Waals surface area contributed by atoms with Crippen molar-refractivity contribution in [1.29, 1.82) is 0 Å². The van der Waals surface area contributed by atoms with Crippen LogP contribution in [0.2, 0.25) is 0 Å². The van der Waals surface area contributed by atoms with E-state index in [2.05, 4.69) is 19.1 Å². The molecule has 4 atom stereocenters. The molecule has 0 aliphatic carbocycles. The topological polar surface area (TPSA) is 52.6 Å². The Kier molecular flexibility index (Phi) is 5.53. The van der Waals surface area contributed by atoms with E-state index in [1.165, 1.54) is 0 Å². The van der Waals surface area contributed by atoms with Crippen molar-refractivity contribution in [2.24, 2.45) is 11.8 Å². The molecule has 0 spiro atoms. The van der Waals surface area contributed by atoms with Crippen molar-refractivity contribution in [3.05, 3.63) is 24.3 Å². The van der Waals surface area contributed by atoms with Crippen LogP contribution in [0, 0.1) is 11.8 Å². The van der Waals surface area contributed by atoms with E-state index >= 15 is 0 Å². The Morgan fingerprint density at radius 2 is 1.95 bits per heavy atom. The van der Waals surface area contributed by atoms with Gasteiger partial charge in [0.15, 0.2) is 0 Å². The number of allylic oxidation sites excluding steroid dienone is 3. The van der Waals surface area contributed by atoms with Crippen LogP contribution in [0.1, 0.15) is 32.6 Å². The number of esters is 1. The van der Waals surface area contributed by atoms with Gasteiger partial charge in [0.25, 0.3) is 0 Å². The van der Waals surface area contributed by atoms with Crippen molar-refractivity contribution in [3.63, 3.8) is 0 Å². The van der Waals surface area contributed by atoms with Crippen molar-refractivity contribution in [1.82, 2.24) is 0 Å². The largest absolute Gasteiger partial charge is 0.461 e. The van der Waals surface area contributed by atoms with Gasteiger partial charge in [0.05, 0.1) is 24.0 Å². The molecule has 2 rings (SSSR count). The second-order valence-corrected chi connectivity index (χ2v) is 5.25. The summed E-state index contributed by atoms with van der Waals surface area (Å²) >= 11 is 0. The zero-order valence-corrected chi connectivity index (χ0v) is 11.9. The van der Waals surface area contributed by atoms with Crippen LogP contribution in [0.3, 0.4) is 0 Å². The summed E-state index contributed by atoms with van der Waals surface area (Å²) in [4.78, 5) is 23.1. The van der Waals surface area contributed by atoms with E-state index in [4.69, 9.17) is 9.47 Å². The summed E-state index contributed by atoms with van der Waals surface area (Å²) in [6.45, 7) is 2.35. The number of ether oxygens (including phenoxy) is 2. The van der Waals surface area contributed by atoms with Crippen LogP contribution < -0.4 is 0 Å². The summed E-state index contributed by atoms with van der Waals surface area (Å²) in [6, 6.07) is 0. The molecule has 0 aromatic heterocycles. The average molecular weight is 278 g/mol. The fourth-order valence-corrected chi connectivity index (χ4v) is 2.93. The highest BCUT2D eigenvalue weighted by Gasteiger charge is 2.52. The maximum Gasteiger partial charge on any atom is 0.312 e. The molecule has 110 valence electrons. The lowest BCUT2D eigenvalue weighted by molar-refractivity contribution is -0.151. The Hall–Kier alpha value is -1.42. The molecule has 4 unspecified atom stereocenters. The average Bonchev–Trinajstić information content (AvgIpc) is 3.06. The number of fused-ring (bicyclic) bond motifs is 2. The monoisotopic (exact) mass is 278 g/mol. The zero-order chi connectivity index (χ0) is 14.4. The third kappa shape index (κ3) is 3.37. The summed E-state index contributed by atoms with van der Waals surface area (Å²) in [5.41, 5.74) is 0. The van der Waals surface area contributed by atoms with Gasteiger partial charge >= 0.3 is 5.97 Å². The van der Waals surface area contributed by atoms with Crippen molar-refractivity contribution in [2.75, 3.05) is 6.61 Å². The smallest absolute Gasteiger partial charge is 0.312 e. The van der Waals surface area contributed by atoms with E-state index in [0.717, 1.165) is 32.0 Å². The van der Waals surface area contributed by atoms with Crippen LogP contribution >= 0.6 is 0 Å². The molecule has 2 heterocycles. The van der Waals surface area contributed by atoms with E-state index in [9.17, 15) is 9.59 Å². The molecule has 0 aromatic carbocycles. The van der Waals surface area contributed by atoms with Gasteiger partial charge in [0.1, 0.15) is 12.9 Å². The molecule has 4 nitrogen and oxygen atoms in total. The molecule has 0 N–H and O–H groups in total. The third-order valence-electron chi connectivity index (χ3n) is 3.92. The molecule has 0 amide bonds. The summed E-state index contributed by atoms with van der Waals surface area (Å²) in [6.07, 6.45) is 12.2. The molecule has 2 aliphatic rings. The Bertz CT molecular complexity index is 399. The Morgan fingerprint density at radius 3 is 2.70 bits per heavy atom. The minimum atomic E-state index is -0.403. The van der Waals surface area contributed by atoms with E-state index in [-0.39, 0.29) is 30.7 Å². The first-order valence-electron chi connectivity index (χ1n) is 7.35. The van der Waals surface area contributed by atoms with Crippen molar-refractivity contribution in [2.45, 2.75) is 44.8 Å². The first kappa shape index (κ1) is 15.0. The second kappa shape index (κ2) is 7.39. The molecule has 2 saturated heterocycles.